The van der Waals surface area contributed by atoms with Gasteiger partial charge in [-0.05, 0) is 19.3 Å². The average Bonchev–Trinajstić information content (AvgIpc) is 3.20. The lowest BCUT2D eigenvalue weighted by Crippen LogP contribution is -2.58. The monoisotopic (exact) mass is 279 g/mol. The molecule has 0 aromatic heterocycles. The second-order valence-corrected chi connectivity index (χ2v) is 5.93. The third-order valence-electron chi connectivity index (χ3n) is 4.50. The van der Waals surface area contributed by atoms with Crippen molar-refractivity contribution in [1.82, 2.24) is 15.1 Å². The van der Waals surface area contributed by atoms with Crippen LogP contribution in [0.4, 0.5) is 0 Å². The largest absolute Gasteiger partial charge is 0.353 e. The zero-order valence-electron chi connectivity index (χ0n) is 11.8. The van der Waals surface area contributed by atoms with Crippen molar-refractivity contribution in [2.24, 2.45) is 5.92 Å². The Balaban J connectivity index is 1.68. The van der Waals surface area contributed by atoms with Crippen LogP contribution in [0.1, 0.15) is 32.6 Å². The molecule has 2 unspecified atom stereocenters. The van der Waals surface area contributed by atoms with Crippen LogP contribution in [0.25, 0.3) is 0 Å². The molecule has 2 aliphatic heterocycles. The van der Waals surface area contributed by atoms with Crippen molar-refractivity contribution in [2.75, 3.05) is 19.6 Å². The van der Waals surface area contributed by atoms with Gasteiger partial charge in [-0.25, -0.2) is 0 Å². The molecule has 1 N–H and O–H groups in total. The molecule has 0 aromatic carbocycles. The maximum atomic E-state index is 12.6. The van der Waals surface area contributed by atoms with Gasteiger partial charge in [-0.15, -0.1) is 0 Å². The first-order chi connectivity index (χ1) is 9.61. The van der Waals surface area contributed by atoms with Crippen molar-refractivity contribution in [1.29, 1.82) is 0 Å². The standard InChI is InChI=1S/C14H21N3O3/c1-2-11-13(19)15-5-6-16(11)14(20)9-7-12(18)17(8-9)10-3-4-10/h9-11H,2-8H2,1H3,(H,15,19). The summed E-state index contributed by atoms with van der Waals surface area (Å²) < 4.78 is 0. The van der Waals surface area contributed by atoms with E-state index in [2.05, 4.69) is 5.32 Å². The predicted molar refractivity (Wildman–Crippen MR) is 71.6 cm³/mol. The van der Waals surface area contributed by atoms with E-state index < -0.39 is 0 Å². The van der Waals surface area contributed by atoms with E-state index in [0.717, 1.165) is 12.8 Å². The van der Waals surface area contributed by atoms with Gasteiger partial charge in [0.2, 0.25) is 17.7 Å². The number of nitrogens with zero attached hydrogens (tertiary/aromatic N) is 2. The van der Waals surface area contributed by atoms with Gasteiger partial charge in [-0.2, -0.15) is 0 Å². The molecule has 6 heteroatoms. The van der Waals surface area contributed by atoms with Gasteiger partial charge in [0.15, 0.2) is 0 Å². The number of rotatable bonds is 3. The molecule has 1 saturated carbocycles. The molecule has 110 valence electrons. The van der Waals surface area contributed by atoms with Crippen molar-refractivity contribution in [3.63, 3.8) is 0 Å². The van der Waals surface area contributed by atoms with E-state index in [1.165, 1.54) is 0 Å². The van der Waals surface area contributed by atoms with Gasteiger partial charge in [0.25, 0.3) is 0 Å². The van der Waals surface area contributed by atoms with Crippen LogP contribution in [0.2, 0.25) is 0 Å². The summed E-state index contributed by atoms with van der Waals surface area (Å²) in [4.78, 5) is 39.9. The maximum absolute atomic E-state index is 12.6. The minimum Gasteiger partial charge on any atom is -0.353 e. The van der Waals surface area contributed by atoms with Gasteiger partial charge in [0.05, 0.1) is 5.92 Å². The Morgan fingerprint density at radius 1 is 1.35 bits per heavy atom. The van der Waals surface area contributed by atoms with Crippen LogP contribution in [-0.4, -0.2) is 59.2 Å². The van der Waals surface area contributed by atoms with Crippen LogP contribution < -0.4 is 5.32 Å². The molecule has 20 heavy (non-hydrogen) atoms. The molecule has 3 rings (SSSR count). The molecule has 3 fully saturated rings. The van der Waals surface area contributed by atoms with Gasteiger partial charge >= 0.3 is 0 Å². The number of amides is 3. The topological polar surface area (TPSA) is 69.7 Å². The van der Waals surface area contributed by atoms with E-state index >= 15 is 0 Å². The number of likely N-dealkylation sites (tertiary alicyclic amines) is 1. The number of piperazine rings is 1. The van der Waals surface area contributed by atoms with Gasteiger partial charge in [-0.1, -0.05) is 6.92 Å². The molecule has 3 aliphatic rings. The normalized spacial score (nSPS) is 30.6. The molecule has 6 nitrogen and oxygen atoms in total. The van der Waals surface area contributed by atoms with Gasteiger partial charge in [0, 0.05) is 32.1 Å². The van der Waals surface area contributed by atoms with Crippen molar-refractivity contribution < 1.29 is 14.4 Å². The van der Waals surface area contributed by atoms with E-state index in [1.54, 1.807) is 4.90 Å². The molecule has 2 atom stereocenters. The van der Waals surface area contributed by atoms with Crippen LogP contribution in [0.3, 0.4) is 0 Å². The first-order valence-corrected chi connectivity index (χ1v) is 7.49. The fourth-order valence-corrected chi connectivity index (χ4v) is 3.25. The number of hydrogen-bond acceptors (Lipinski definition) is 3. The minimum atomic E-state index is -0.374. The average molecular weight is 279 g/mol. The van der Waals surface area contributed by atoms with Gasteiger partial charge in [0.1, 0.15) is 6.04 Å². The number of nitrogens with one attached hydrogen (secondary N) is 1. The van der Waals surface area contributed by atoms with E-state index in [9.17, 15) is 14.4 Å². The number of hydrogen-bond donors (Lipinski definition) is 1. The molecule has 0 aromatic rings. The first-order valence-electron chi connectivity index (χ1n) is 7.49. The van der Waals surface area contributed by atoms with Crippen LogP contribution in [-0.2, 0) is 14.4 Å². The lowest BCUT2D eigenvalue weighted by Gasteiger charge is -2.36. The summed E-state index contributed by atoms with van der Waals surface area (Å²) in [5.41, 5.74) is 0. The first kappa shape index (κ1) is 13.4. The second-order valence-electron chi connectivity index (χ2n) is 5.93. The number of carbonyl (C=O) groups is 3. The molecule has 2 heterocycles. The Morgan fingerprint density at radius 3 is 2.75 bits per heavy atom. The quantitative estimate of drug-likeness (QED) is 0.773. The van der Waals surface area contributed by atoms with Gasteiger partial charge in [-0.3, -0.25) is 14.4 Å². The Kier molecular flexibility index (Phi) is 3.40. The smallest absolute Gasteiger partial charge is 0.242 e. The summed E-state index contributed by atoms with van der Waals surface area (Å²) in [6, 6.07) is -0.00625. The Labute approximate surface area is 118 Å². The summed E-state index contributed by atoms with van der Waals surface area (Å²) in [5, 5.41) is 2.79. The molecule has 0 bridgehead atoms. The molecule has 2 saturated heterocycles. The van der Waals surface area contributed by atoms with Crippen LogP contribution >= 0.6 is 0 Å². The van der Waals surface area contributed by atoms with Crippen LogP contribution in [0, 0.1) is 5.92 Å². The zero-order valence-corrected chi connectivity index (χ0v) is 11.8. The highest BCUT2D eigenvalue weighted by molar-refractivity contribution is 5.93. The molecule has 3 amide bonds. The molecular formula is C14H21N3O3. The lowest BCUT2D eigenvalue weighted by molar-refractivity contribution is -0.146. The Hall–Kier alpha value is -1.59. The van der Waals surface area contributed by atoms with Crippen LogP contribution in [0.5, 0.6) is 0 Å². The SMILES string of the molecule is CCC1C(=O)NCCN1C(=O)C1CC(=O)N(C2CC2)C1. The maximum Gasteiger partial charge on any atom is 0.242 e. The third-order valence-corrected chi connectivity index (χ3v) is 4.50. The fourth-order valence-electron chi connectivity index (χ4n) is 3.25. The minimum absolute atomic E-state index is 0.0248. The lowest BCUT2D eigenvalue weighted by atomic mass is 10.0. The summed E-state index contributed by atoms with van der Waals surface area (Å²) in [7, 11) is 0. The second kappa shape index (κ2) is 5.07. The Morgan fingerprint density at radius 2 is 2.10 bits per heavy atom. The van der Waals surface area contributed by atoms with Crippen molar-refractivity contribution in [3.05, 3.63) is 0 Å². The number of carbonyl (C=O) groups excluding carboxylic acids is 3. The van der Waals surface area contributed by atoms with E-state index in [0.29, 0.717) is 38.5 Å². The van der Waals surface area contributed by atoms with Crippen molar-refractivity contribution in [3.8, 4) is 0 Å². The van der Waals surface area contributed by atoms with E-state index in [-0.39, 0.29) is 29.7 Å². The summed E-state index contributed by atoms with van der Waals surface area (Å²) in [6.45, 7) is 3.51. The Bertz CT molecular complexity index is 447. The summed E-state index contributed by atoms with van der Waals surface area (Å²) >= 11 is 0. The van der Waals surface area contributed by atoms with Gasteiger partial charge < -0.3 is 15.1 Å². The highest BCUT2D eigenvalue weighted by Gasteiger charge is 2.44. The van der Waals surface area contributed by atoms with E-state index in [1.807, 2.05) is 11.8 Å². The molecule has 1 aliphatic carbocycles. The fraction of sp³-hybridized carbons (Fsp3) is 0.786. The summed E-state index contributed by atoms with van der Waals surface area (Å²) in [5.74, 6) is -0.262. The summed E-state index contributed by atoms with van der Waals surface area (Å²) in [6.07, 6.45) is 3.06. The predicted octanol–water partition coefficient (Wildman–Crippen LogP) is -0.266. The highest BCUT2D eigenvalue weighted by Crippen LogP contribution is 2.33. The third kappa shape index (κ3) is 2.27. The zero-order chi connectivity index (χ0) is 14.3. The molecular weight excluding hydrogens is 258 g/mol. The van der Waals surface area contributed by atoms with Crippen LogP contribution in [0.15, 0.2) is 0 Å². The molecule has 0 spiro atoms. The molecule has 0 radical (unpaired) electrons. The van der Waals surface area contributed by atoms with Crippen molar-refractivity contribution >= 4 is 17.7 Å². The van der Waals surface area contributed by atoms with Crippen molar-refractivity contribution in [2.45, 2.75) is 44.7 Å². The highest BCUT2D eigenvalue weighted by atomic mass is 16.2. The van der Waals surface area contributed by atoms with E-state index in [4.69, 9.17) is 0 Å².